The first-order valence-corrected chi connectivity index (χ1v) is 12.2. The molecule has 5 rings (SSSR count). The molecule has 0 bridgehead atoms. The van der Waals surface area contributed by atoms with E-state index in [0.717, 1.165) is 8.99 Å². The third-order valence-corrected chi connectivity index (χ3v) is 7.35. The first kappa shape index (κ1) is 23.2. The quantitative estimate of drug-likeness (QED) is 0.374. The predicted octanol–water partition coefficient (Wildman–Crippen LogP) is 1.97. The monoisotopic (exact) mass is 505 g/mol. The zero-order valence-corrected chi connectivity index (χ0v) is 19.5. The maximum atomic E-state index is 13.0. The summed E-state index contributed by atoms with van der Waals surface area (Å²) in [5, 5.41) is 4.51. The number of carbonyl (C=O) groups excluding carboxylic acids is 3. The van der Waals surface area contributed by atoms with Crippen molar-refractivity contribution in [3.05, 3.63) is 89.9 Å². The SMILES string of the molecule is NC(=O)O[C@@H](Cc1cc2cnn(S(=O)(=O)c3ccccc3)c2cn1)CN1C(=O)c2ccccc2C1=O. The molecule has 0 saturated carbocycles. The summed E-state index contributed by atoms with van der Waals surface area (Å²) in [7, 11) is -3.93. The van der Waals surface area contributed by atoms with E-state index in [2.05, 4.69) is 10.1 Å². The molecule has 36 heavy (non-hydrogen) atoms. The van der Waals surface area contributed by atoms with Crippen molar-refractivity contribution in [1.29, 1.82) is 0 Å². The van der Waals surface area contributed by atoms with Gasteiger partial charge in [-0.2, -0.15) is 17.6 Å². The number of hydrogen-bond donors (Lipinski definition) is 1. The van der Waals surface area contributed by atoms with Gasteiger partial charge in [0.2, 0.25) is 0 Å². The van der Waals surface area contributed by atoms with Gasteiger partial charge in [-0.3, -0.25) is 19.5 Å². The van der Waals surface area contributed by atoms with E-state index < -0.39 is 34.0 Å². The highest BCUT2D eigenvalue weighted by atomic mass is 32.2. The molecule has 2 N–H and O–H groups in total. The van der Waals surface area contributed by atoms with Crippen molar-refractivity contribution < 1.29 is 27.5 Å². The third kappa shape index (κ3) is 4.07. The van der Waals surface area contributed by atoms with E-state index in [1.807, 2.05) is 0 Å². The van der Waals surface area contributed by atoms with Gasteiger partial charge in [-0.1, -0.05) is 30.3 Å². The molecule has 0 radical (unpaired) electrons. The highest BCUT2D eigenvalue weighted by molar-refractivity contribution is 7.90. The average Bonchev–Trinajstić information content (AvgIpc) is 3.40. The highest BCUT2D eigenvalue weighted by Gasteiger charge is 2.37. The summed E-state index contributed by atoms with van der Waals surface area (Å²) in [4.78, 5) is 42.3. The van der Waals surface area contributed by atoms with Crippen molar-refractivity contribution in [1.82, 2.24) is 19.1 Å². The van der Waals surface area contributed by atoms with Crippen molar-refractivity contribution in [3.63, 3.8) is 0 Å². The zero-order valence-electron chi connectivity index (χ0n) is 18.6. The smallest absolute Gasteiger partial charge is 0.404 e. The van der Waals surface area contributed by atoms with Gasteiger partial charge < -0.3 is 10.5 Å². The molecule has 2 aromatic carbocycles. The second kappa shape index (κ2) is 8.89. The first-order chi connectivity index (χ1) is 17.3. The van der Waals surface area contributed by atoms with E-state index >= 15 is 0 Å². The molecular formula is C24H19N5O6S. The average molecular weight is 506 g/mol. The lowest BCUT2D eigenvalue weighted by Crippen LogP contribution is -2.40. The van der Waals surface area contributed by atoms with Crippen LogP contribution in [0.15, 0.2) is 78.0 Å². The minimum atomic E-state index is -3.93. The topological polar surface area (TPSA) is 155 Å². The largest absolute Gasteiger partial charge is 0.444 e. The van der Waals surface area contributed by atoms with Gasteiger partial charge in [0.05, 0.1) is 35.0 Å². The minimum absolute atomic E-state index is 0.0168. The van der Waals surface area contributed by atoms with Crippen LogP contribution in [0.25, 0.3) is 10.9 Å². The number of carbonyl (C=O) groups is 3. The standard InChI is InChI=1S/C24H19N5O6S/c25-24(32)35-17(14-28-22(30)19-8-4-5-9-20(19)23(28)31)11-16-10-15-12-27-29(21(15)13-26-16)36(33,34)18-6-2-1-3-7-18/h1-10,12-13,17H,11,14H2,(H2,25,32)/t17-/m0/s1. The summed E-state index contributed by atoms with van der Waals surface area (Å²) in [6.45, 7) is -0.226. The van der Waals surface area contributed by atoms with Crippen LogP contribution >= 0.6 is 0 Å². The van der Waals surface area contributed by atoms with Gasteiger partial charge in [-0.15, -0.1) is 0 Å². The van der Waals surface area contributed by atoms with Crippen molar-refractivity contribution in [2.24, 2.45) is 5.73 Å². The lowest BCUT2D eigenvalue weighted by Gasteiger charge is -2.22. The molecule has 0 unspecified atom stereocenters. The lowest BCUT2D eigenvalue weighted by atomic mass is 10.1. The molecule has 1 atom stereocenters. The van der Waals surface area contributed by atoms with Crippen molar-refractivity contribution in [2.45, 2.75) is 17.4 Å². The normalized spacial score (nSPS) is 14.2. The number of primary amides is 1. The Bertz CT molecular complexity index is 1580. The number of hydrogen-bond acceptors (Lipinski definition) is 8. The van der Waals surface area contributed by atoms with Crippen LogP contribution in [0.5, 0.6) is 0 Å². The molecule has 3 heterocycles. The van der Waals surface area contributed by atoms with E-state index in [1.165, 1.54) is 24.5 Å². The van der Waals surface area contributed by atoms with Crippen molar-refractivity contribution in [3.8, 4) is 0 Å². The molecule has 0 fully saturated rings. The van der Waals surface area contributed by atoms with E-state index in [9.17, 15) is 22.8 Å². The van der Waals surface area contributed by atoms with Crippen LogP contribution in [0.3, 0.4) is 0 Å². The van der Waals surface area contributed by atoms with Crippen LogP contribution in [-0.4, -0.2) is 58.0 Å². The van der Waals surface area contributed by atoms with Gasteiger partial charge in [0.15, 0.2) is 0 Å². The molecule has 0 aliphatic carbocycles. The summed E-state index contributed by atoms with van der Waals surface area (Å²) < 4.78 is 32.0. The van der Waals surface area contributed by atoms with Crippen LogP contribution in [0.4, 0.5) is 4.79 Å². The van der Waals surface area contributed by atoms with Gasteiger partial charge in [-0.05, 0) is 30.3 Å². The number of nitrogens with two attached hydrogens (primary N) is 1. The van der Waals surface area contributed by atoms with Gasteiger partial charge in [0, 0.05) is 17.5 Å². The number of benzene rings is 2. The van der Waals surface area contributed by atoms with Gasteiger partial charge in [0.25, 0.3) is 21.8 Å². The number of ether oxygens (including phenoxy) is 1. The van der Waals surface area contributed by atoms with Gasteiger partial charge in [0.1, 0.15) is 11.6 Å². The Kier molecular flexibility index (Phi) is 5.72. The molecule has 1 aliphatic rings. The van der Waals surface area contributed by atoms with Gasteiger partial charge >= 0.3 is 6.09 Å². The summed E-state index contributed by atoms with van der Waals surface area (Å²) >= 11 is 0. The van der Waals surface area contributed by atoms with Crippen molar-refractivity contribution >= 4 is 38.8 Å². The zero-order chi connectivity index (χ0) is 25.4. The minimum Gasteiger partial charge on any atom is -0.444 e. The molecule has 2 aromatic heterocycles. The molecule has 12 heteroatoms. The molecule has 4 aromatic rings. The fourth-order valence-corrected chi connectivity index (χ4v) is 5.38. The van der Waals surface area contributed by atoms with Crippen LogP contribution in [0, 0.1) is 0 Å². The van der Waals surface area contributed by atoms with Crippen LogP contribution in [0.2, 0.25) is 0 Å². The summed E-state index contributed by atoms with van der Waals surface area (Å²) in [5.41, 5.74) is 6.44. The van der Waals surface area contributed by atoms with E-state index in [-0.39, 0.29) is 34.5 Å². The number of pyridine rings is 1. The Morgan fingerprint density at radius 3 is 2.25 bits per heavy atom. The van der Waals surface area contributed by atoms with Crippen LogP contribution in [-0.2, 0) is 21.2 Å². The summed E-state index contributed by atoms with van der Waals surface area (Å²) in [6.07, 6.45) is 0.705. The first-order valence-electron chi connectivity index (χ1n) is 10.8. The molecular weight excluding hydrogens is 486 g/mol. The fourth-order valence-electron chi connectivity index (χ4n) is 4.09. The molecule has 3 amide bonds. The third-order valence-electron chi connectivity index (χ3n) is 5.73. The molecule has 0 saturated heterocycles. The van der Waals surface area contributed by atoms with E-state index in [0.29, 0.717) is 11.1 Å². The number of amides is 3. The summed E-state index contributed by atoms with van der Waals surface area (Å²) in [6, 6.07) is 15.9. The molecule has 1 aliphatic heterocycles. The Balaban J connectivity index is 1.40. The number of rotatable bonds is 7. The summed E-state index contributed by atoms with van der Waals surface area (Å²) in [5.74, 6) is -0.992. The van der Waals surface area contributed by atoms with Crippen LogP contribution in [0.1, 0.15) is 26.4 Å². The predicted molar refractivity (Wildman–Crippen MR) is 127 cm³/mol. The maximum absolute atomic E-state index is 13.0. The maximum Gasteiger partial charge on any atom is 0.404 e. The lowest BCUT2D eigenvalue weighted by molar-refractivity contribution is 0.0488. The van der Waals surface area contributed by atoms with E-state index in [4.69, 9.17) is 10.5 Å². The highest BCUT2D eigenvalue weighted by Crippen LogP contribution is 2.24. The number of nitrogens with zero attached hydrogens (tertiary/aromatic N) is 4. The van der Waals surface area contributed by atoms with Crippen molar-refractivity contribution in [2.75, 3.05) is 6.54 Å². The second-order valence-electron chi connectivity index (χ2n) is 8.07. The number of imide groups is 1. The Labute approximate surface area is 205 Å². The molecule has 0 spiro atoms. The van der Waals surface area contributed by atoms with Crippen LogP contribution < -0.4 is 5.73 Å². The second-order valence-corrected chi connectivity index (χ2v) is 9.84. The van der Waals surface area contributed by atoms with Gasteiger partial charge in [-0.25, -0.2) is 4.79 Å². The Morgan fingerprint density at radius 2 is 1.61 bits per heavy atom. The molecule has 182 valence electrons. The fraction of sp³-hybridized carbons (Fsp3) is 0.125. The Hall–Kier alpha value is -4.58. The van der Waals surface area contributed by atoms with E-state index in [1.54, 1.807) is 48.5 Å². The number of aromatic nitrogens is 3. The number of fused-ring (bicyclic) bond motifs is 2. The molecule has 11 nitrogen and oxygen atoms in total. The Morgan fingerprint density at radius 1 is 0.972 bits per heavy atom.